The van der Waals surface area contributed by atoms with Crippen LogP contribution in [0.15, 0.2) is 36.7 Å². The van der Waals surface area contributed by atoms with E-state index in [4.69, 9.17) is 0 Å². The fraction of sp³-hybridized carbons (Fsp3) is 0.526. The van der Waals surface area contributed by atoms with Crippen molar-refractivity contribution in [2.75, 3.05) is 19.6 Å². The van der Waals surface area contributed by atoms with Gasteiger partial charge in [0.05, 0.1) is 0 Å². The average molecular weight is 331 g/mol. The number of imidazole rings is 1. The summed E-state index contributed by atoms with van der Waals surface area (Å²) < 4.78 is 15.1. The van der Waals surface area contributed by atoms with E-state index in [9.17, 15) is 9.50 Å². The van der Waals surface area contributed by atoms with Crippen LogP contribution in [0.2, 0.25) is 0 Å². The molecule has 24 heavy (non-hydrogen) atoms. The summed E-state index contributed by atoms with van der Waals surface area (Å²) in [6.07, 6.45) is 7.07. The van der Waals surface area contributed by atoms with Crippen LogP contribution in [0.3, 0.4) is 0 Å². The van der Waals surface area contributed by atoms with Crippen molar-refractivity contribution < 1.29 is 9.50 Å². The van der Waals surface area contributed by atoms with Gasteiger partial charge in [-0.3, -0.25) is 0 Å². The van der Waals surface area contributed by atoms with Gasteiger partial charge in [-0.15, -0.1) is 0 Å². The second-order valence-corrected chi connectivity index (χ2v) is 6.75. The largest absolute Gasteiger partial charge is 0.385 e. The molecule has 1 N–H and O–H groups in total. The van der Waals surface area contributed by atoms with E-state index in [1.54, 1.807) is 18.3 Å². The van der Waals surface area contributed by atoms with Crippen molar-refractivity contribution in [2.45, 2.75) is 31.8 Å². The molecule has 0 saturated carbocycles. The quantitative estimate of drug-likeness (QED) is 0.885. The van der Waals surface area contributed by atoms with Gasteiger partial charge in [0.2, 0.25) is 0 Å². The van der Waals surface area contributed by atoms with Gasteiger partial charge in [-0.1, -0.05) is 12.1 Å². The molecule has 2 heterocycles. The van der Waals surface area contributed by atoms with Gasteiger partial charge in [-0.05, 0) is 68.9 Å². The summed E-state index contributed by atoms with van der Waals surface area (Å²) in [5, 5.41) is 10.5. The van der Waals surface area contributed by atoms with Crippen molar-refractivity contribution in [2.24, 2.45) is 13.0 Å². The molecule has 0 amide bonds. The normalized spacial score (nSPS) is 18.0. The van der Waals surface area contributed by atoms with E-state index in [1.165, 1.54) is 6.07 Å². The summed E-state index contributed by atoms with van der Waals surface area (Å²) in [6, 6.07) is 6.87. The van der Waals surface area contributed by atoms with Gasteiger partial charge in [-0.25, -0.2) is 9.37 Å². The third kappa shape index (κ3) is 4.22. The number of likely N-dealkylation sites (tertiary alicyclic amines) is 1. The Morgan fingerprint density at radius 2 is 2.12 bits per heavy atom. The fourth-order valence-corrected chi connectivity index (χ4v) is 3.56. The average Bonchev–Trinajstić information content (AvgIpc) is 3.01. The molecule has 1 aliphatic heterocycles. The van der Waals surface area contributed by atoms with Crippen LogP contribution in [0.5, 0.6) is 0 Å². The Kier molecular flexibility index (Phi) is 5.63. The second-order valence-electron chi connectivity index (χ2n) is 6.75. The Hall–Kier alpha value is -1.72. The van der Waals surface area contributed by atoms with Crippen molar-refractivity contribution in [3.05, 3.63) is 53.9 Å². The molecule has 1 aromatic carbocycles. The highest BCUT2D eigenvalue weighted by Crippen LogP contribution is 2.29. The molecule has 1 unspecified atom stereocenters. The number of benzene rings is 1. The maximum atomic E-state index is 13.2. The van der Waals surface area contributed by atoms with Crippen molar-refractivity contribution >= 4 is 0 Å². The standard InChI is InChI=1S/C19H26FN3O/c1-22-13-9-21-19(22)18(24)16-7-11-23(12-8-16)10-3-5-15-4-2-6-17(20)14-15/h2,4,6,9,13-14,16,18,24H,3,5,7-8,10-12H2,1H3. The van der Waals surface area contributed by atoms with Crippen molar-refractivity contribution in [3.8, 4) is 0 Å². The molecule has 4 nitrogen and oxygen atoms in total. The molecule has 130 valence electrons. The third-order valence-corrected chi connectivity index (χ3v) is 5.03. The molecule has 0 spiro atoms. The Morgan fingerprint density at radius 3 is 2.79 bits per heavy atom. The number of piperidine rings is 1. The van der Waals surface area contributed by atoms with Gasteiger partial charge in [0.15, 0.2) is 0 Å². The molecular formula is C19H26FN3O. The van der Waals surface area contributed by atoms with Crippen LogP contribution in [0.4, 0.5) is 4.39 Å². The van der Waals surface area contributed by atoms with Crippen LogP contribution in [0.1, 0.15) is 36.8 Å². The lowest BCUT2D eigenvalue weighted by Gasteiger charge is -2.34. The van der Waals surface area contributed by atoms with E-state index in [0.717, 1.165) is 56.7 Å². The first kappa shape index (κ1) is 17.1. The lowest BCUT2D eigenvalue weighted by Crippen LogP contribution is -2.36. The molecule has 5 heteroatoms. The topological polar surface area (TPSA) is 41.3 Å². The summed E-state index contributed by atoms with van der Waals surface area (Å²) in [4.78, 5) is 6.71. The highest BCUT2D eigenvalue weighted by molar-refractivity contribution is 5.16. The zero-order valence-corrected chi connectivity index (χ0v) is 14.2. The lowest BCUT2D eigenvalue weighted by atomic mass is 9.90. The molecular weight excluding hydrogens is 305 g/mol. The Labute approximate surface area is 142 Å². The summed E-state index contributed by atoms with van der Waals surface area (Å²) in [5.74, 6) is 0.890. The maximum absolute atomic E-state index is 13.2. The first-order valence-electron chi connectivity index (χ1n) is 8.75. The van der Waals surface area contributed by atoms with Gasteiger partial charge in [-0.2, -0.15) is 0 Å². The lowest BCUT2D eigenvalue weighted by molar-refractivity contribution is 0.0509. The van der Waals surface area contributed by atoms with Gasteiger partial charge < -0.3 is 14.6 Å². The highest BCUT2D eigenvalue weighted by Gasteiger charge is 2.28. The number of aliphatic hydroxyl groups excluding tert-OH is 1. The molecule has 2 aromatic rings. The number of halogens is 1. The molecule has 3 rings (SSSR count). The number of aryl methyl sites for hydroxylation is 2. The van der Waals surface area contributed by atoms with E-state index < -0.39 is 6.10 Å². The Bertz CT molecular complexity index is 650. The van der Waals surface area contributed by atoms with Crippen LogP contribution < -0.4 is 0 Å². The fourth-order valence-electron chi connectivity index (χ4n) is 3.56. The van der Waals surface area contributed by atoms with Crippen LogP contribution >= 0.6 is 0 Å². The zero-order chi connectivity index (χ0) is 16.9. The predicted octanol–water partition coefficient (Wildman–Crippen LogP) is 2.94. The molecule has 1 aliphatic rings. The van der Waals surface area contributed by atoms with Crippen LogP contribution in [0.25, 0.3) is 0 Å². The van der Waals surface area contributed by atoms with Crippen LogP contribution in [0, 0.1) is 11.7 Å². The van der Waals surface area contributed by atoms with E-state index in [1.807, 2.05) is 23.9 Å². The predicted molar refractivity (Wildman–Crippen MR) is 92.1 cm³/mol. The Balaban J connectivity index is 1.41. The number of hydrogen-bond acceptors (Lipinski definition) is 3. The zero-order valence-electron chi connectivity index (χ0n) is 14.2. The maximum Gasteiger partial charge on any atom is 0.137 e. The van der Waals surface area contributed by atoms with Gasteiger partial charge >= 0.3 is 0 Å². The number of nitrogens with zero attached hydrogens (tertiary/aromatic N) is 3. The molecule has 1 atom stereocenters. The first-order valence-corrected chi connectivity index (χ1v) is 8.75. The van der Waals surface area contributed by atoms with Gasteiger partial charge in [0.1, 0.15) is 17.7 Å². The van der Waals surface area contributed by atoms with Crippen LogP contribution in [-0.4, -0.2) is 39.2 Å². The molecule has 0 aliphatic carbocycles. The monoisotopic (exact) mass is 331 g/mol. The third-order valence-electron chi connectivity index (χ3n) is 5.03. The minimum atomic E-state index is -0.473. The highest BCUT2D eigenvalue weighted by atomic mass is 19.1. The molecule has 1 aromatic heterocycles. The Morgan fingerprint density at radius 1 is 1.33 bits per heavy atom. The van der Waals surface area contributed by atoms with Crippen molar-refractivity contribution in [1.82, 2.24) is 14.5 Å². The summed E-state index contributed by atoms with van der Waals surface area (Å²) in [7, 11) is 1.92. The van der Waals surface area contributed by atoms with Crippen molar-refractivity contribution in [1.29, 1.82) is 0 Å². The number of rotatable bonds is 6. The van der Waals surface area contributed by atoms with Gasteiger partial charge in [0.25, 0.3) is 0 Å². The minimum absolute atomic E-state index is 0.156. The van der Waals surface area contributed by atoms with Crippen LogP contribution in [-0.2, 0) is 13.5 Å². The van der Waals surface area contributed by atoms with Gasteiger partial charge in [0, 0.05) is 19.4 Å². The van der Waals surface area contributed by atoms with E-state index in [0.29, 0.717) is 0 Å². The summed E-state index contributed by atoms with van der Waals surface area (Å²) in [5.41, 5.74) is 1.06. The summed E-state index contributed by atoms with van der Waals surface area (Å²) in [6.45, 7) is 3.05. The van der Waals surface area contributed by atoms with E-state index in [-0.39, 0.29) is 11.7 Å². The number of hydrogen-bond donors (Lipinski definition) is 1. The minimum Gasteiger partial charge on any atom is -0.385 e. The smallest absolute Gasteiger partial charge is 0.137 e. The number of aromatic nitrogens is 2. The molecule has 1 saturated heterocycles. The van der Waals surface area contributed by atoms with E-state index in [2.05, 4.69) is 9.88 Å². The van der Waals surface area contributed by atoms with Crippen molar-refractivity contribution in [3.63, 3.8) is 0 Å². The summed E-state index contributed by atoms with van der Waals surface area (Å²) >= 11 is 0. The van der Waals surface area contributed by atoms with E-state index >= 15 is 0 Å². The molecule has 0 bridgehead atoms. The first-order chi connectivity index (χ1) is 11.6. The molecule has 0 radical (unpaired) electrons. The second kappa shape index (κ2) is 7.90. The SMILES string of the molecule is Cn1ccnc1C(O)C1CCN(CCCc2cccc(F)c2)CC1. The molecule has 1 fully saturated rings. The number of aliphatic hydroxyl groups is 1.